The predicted octanol–water partition coefficient (Wildman–Crippen LogP) is 4.10. The number of aromatic hydroxyl groups is 1. The Hall–Kier alpha value is -2.82. The van der Waals surface area contributed by atoms with Crippen LogP contribution < -0.4 is 18.9 Å². The topological polar surface area (TPSA) is 57.2 Å². The monoisotopic (exact) mass is 340 g/mol. The number of ether oxygens (including phenoxy) is 4. The molecule has 5 nitrogen and oxygen atoms in total. The van der Waals surface area contributed by atoms with Gasteiger partial charge >= 0.3 is 0 Å². The number of methoxy groups -OCH3 is 1. The largest absolute Gasteiger partial charge is 0.504 e. The van der Waals surface area contributed by atoms with Crippen molar-refractivity contribution in [1.29, 1.82) is 0 Å². The molecule has 0 aliphatic carbocycles. The van der Waals surface area contributed by atoms with Crippen molar-refractivity contribution in [3.63, 3.8) is 0 Å². The van der Waals surface area contributed by atoms with Crippen molar-refractivity contribution in [1.82, 2.24) is 0 Å². The van der Waals surface area contributed by atoms with Crippen LogP contribution in [-0.2, 0) is 6.42 Å². The summed E-state index contributed by atoms with van der Waals surface area (Å²) in [6.45, 7) is 6.13. The maximum absolute atomic E-state index is 10.5. The molecule has 0 spiro atoms. The van der Waals surface area contributed by atoms with Crippen LogP contribution in [-0.4, -0.2) is 19.0 Å². The Bertz CT molecular complexity index is 842. The molecule has 0 fully saturated rings. The van der Waals surface area contributed by atoms with Gasteiger partial charge in [0, 0.05) is 17.0 Å². The van der Waals surface area contributed by atoms with Gasteiger partial charge in [-0.2, -0.15) is 0 Å². The van der Waals surface area contributed by atoms with Gasteiger partial charge in [-0.3, -0.25) is 0 Å². The molecule has 2 atom stereocenters. The zero-order chi connectivity index (χ0) is 17.6. The zero-order valence-electron chi connectivity index (χ0n) is 14.2. The Labute approximate surface area is 146 Å². The summed E-state index contributed by atoms with van der Waals surface area (Å²) in [5.41, 5.74) is 2.74. The minimum absolute atomic E-state index is 0.105. The lowest BCUT2D eigenvalue weighted by molar-refractivity contribution is 0.173. The lowest BCUT2D eigenvalue weighted by atomic mass is 9.91. The molecule has 0 unspecified atom stereocenters. The molecular weight excluding hydrogens is 320 g/mol. The van der Waals surface area contributed by atoms with Crippen LogP contribution in [0, 0.1) is 0 Å². The molecule has 4 rings (SSSR count). The summed E-state index contributed by atoms with van der Waals surface area (Å²) < 4.78 is 22.5. The minimum atomic E-state index is -0.167. The van der Waals surface area contributed by atoms with Crippen molar-refractivity contribution in [3.05, 3.63) is 53.6 Å². The van der Waals surface area contributed by atoms with Gasteiger partial charge in [-0.15, -0.1) is 6.58 Å². The van der Waals surface area contributed by atoms with E-state index >= 15 is 0 Å². The first-order valence-corrected chi connectivity index (χ1v) is 8.23. The Morgan fingerprint density at radius 3 is 2.84 bits per heavy atom. The lowest BCUT2D eigenvalue weighted by Gasteiger charge is -2.16. The molecule has 0 saturated heterocycles. The third kappa shape index (κ3) is 2.38. The molecule has 0 bridgehead atoms. The second-order valence-corrected chi connectivity index (χ2v) is 6.26. The molecule has 25 heavy (non-hydrogen) atoms. The van der Waals surface area contributed by atoms with E-state index in [2.05, 4.69) is 13.5 Å². The van der Waals surface area contributed by atoms with Gasteiger partial charge in [0.25, 0.3) is 0 Å². The van der Waals surface area contributed by atoms with Gasteiger partial charge in [-0.25, -0.2) is 0 Å². The molecule has 5 heteroatoms. The average Bonchev–Trinajstić information content (AvgIpc) is 3.21. The van der Waals surface area contributed by atoms with Crippen LogP contribution in [0.4, 0.5) is 0 Å². The highest BCUT2D eigenvalue weighted by atomic mass is 16.7. The second-order valence-electron chi connectivity index (χ2n) is 6.26. The van der Waals surface area contributed by atoms with Crippen molar-refractivity contribution in [2.75, 3.05) is 13.9 Å². The van der Waals surface area contributed by atoms with Gasteiger partial charge in [-0.05, 0) is 30.2 Å². The smallest absolute Gasteiger partial charge is 0.231 e. The highest BCUT2D eigenvalue weighted by molar-refractivity contribution is 5.61. The van der Waals surface area contributed by atoms with Gasteiger partial charge < -0.3 is 24.1 Å². The Balaban J connectivity index is 1.77. The third-order valence-electron chi connectivity index (χ3n) is 4.83. The number of hydrogen-bond acceptors (Lipinski definition) is 5. The van der Waals surface area contributed by atoms with E-state index in [9.17, 15) is 5.11 Å². The summed E-state index contributed by atoms with van der Waals surface area (Å²) in [6.07, 6.45) is 2.09. The molecule has 2 heterocycles. The van der Waals surface area contributed by atoms with Crippen LogP contribution in [0.2, 0.25) is 0 Å². The molecule has 130 valence electrons. The van der Waals surface area contributed by atoms with Gasteiger partial charge in [0.2, 0.25) is 6.79 Å². The fourth-order valence-corrected chi connectivity index (χ4v) is 3.51. The molecular formula is C20H20O5. The van der Waals surface area contributed by atoms with E-state index in [4.69, 9.17) is 18.9 Å². The van der Waals surface area contributed by atoms with Crippen LogP contribution >= 0.6 is 0 Å². The Morgan fingerprint density at radius 1 is 1.28 bits per heavy atom. The van der Waals surface area contributed by atoms with Gasteiger partial charge in [0.15, 0.2) is 23.0 Å². The fourth-order valence-electron chi connectivity index (χ4n) is 3.51. The molecule has 0 saturated carbocycles. The first kappa shape index (κ1) is 15.7. The van der Waals surface area contributed by atoms with E-state index in [1.165, 1.54) is 0 Å². The average molecular weight is 340 g/mol. The van der Waals surface area contributed by atoms with E-state index in [0.717, 1.165) is 22.6 Å². The molecule has 2 aromatic rings. The van der Waals surface area contributed by atoms with E-state index in [0.29, 0.717) is 23.5 Å². The summed E-state index contributed by atoms with van der Waals surface area (Å²) >= 11 is 0. The van der Waals surface area contributed by atoms with Crippen LogP contribution in [0.1, 0.15) is 35.6 Å². The van der Waals surface area contributed by atoms with E-state index in [1.54, 1.807) is 13.2 Å². The first-order valence-electron chi connectivity index (χ1n) is 8.23. The van der Waals surface area contributed by atoms with E-state index < -0.39 is 0 Å². The standard InChI is InChI=1S/C20H20O5/c1-4-5-13-18(21)17(22-3)9-14-11(2)19(25-20(13)14)12-6-7-15-16(8-12)24-10-23-15/h4,6-9,11,19,21H,1,5,10H2,2-3H3/t11-,19-/m0/s1. The maximum atomic E-state index is 10.5. The van der Waals surface area contributed by atoms with Gasteiger partial charge in [0.05, 0.1) is 7.11 Å². The van der Waals surface area contributed by atoms with Crippen molar-refractivity contribution in [2.45, 2.75) is 25.4 Å². The maximum Gasteiger partial charge on any atom is 0.231 e. The molecule has 0 radical (unpaired) electrons. The fraction of sp³-hybridized carbons (Fsp3) is 0.300. The van der Waals surface area contributed by atoms with Crippen LogP contribution in [0.5, 0.6) is 28.7 Å². The van der Waals surface area contributed by atoms with E-state index in [1.807, 2.05) is 24.3 Å². The number of phenols is 1. The number of rotatable bonds is 4. The first-order chi connectivity index (χ1) is 12.1. The van der Waals surface area contributed by atoms with Gasteiger partial charge in [-0.1, -0.05) is 19.1 Å². The summed E-state index contributed by atoms with van der Waals surface area (Å²) in [5, 5.41) is 10.5. The van der Waals surface area contributed by atoms with E-state index in [-0.39, 0.29) is 24.6 Å². The number of hydrogen-bond donors (Lipinski definition) is 1. The van der Waals surface area contributed by atoms with Gasteiger partial charge in [0.1, 0.15) is 11.9 Å². The number of allylic oxidation sites excluding steroid dienone is 1. The predicted molar refractivity (Wildman–Crippen MR) is 92.9 cm³/mol. The molecule has 2 aliphatic heterocycles. The molecule has 2 aliphatic rings. The molecule has 1 N–H and O–H groups in total. The minimum Gasteiger partial charge on any atom is -0.504 e. The normalized spacial score (nSPS) is 20.1. The highest BCUT2D eigenvalue weighted by Crippen LogP contribution is 2.53. The second kappa shape index (κ2) is 5.92. The van der Waals surface area contributed by atoms with Crippen LogP contribution in [0.3, 0.4) is 0 Å². The van der Waals surface area contributed by atoms with Crippen molar-refractivity contribution < 1.29 is 24.1 Å². The molecule has 2 aromatic carbocycles. The van der Waals surface area contributed by atoms with Crippen molar-refractivity contribution >= 4 is 0 Å². The van der Waals surface area contributed by atoms with Crippen molar-refractivity contribution in [2.24, 2.45) is 0 Å². The highest BCUT2D eigenvalue weighted by Gasteiger charge is 2.36. The SMILES string of the molecule is C=CCc1c(O)c(OC)cc2c1O[C@H](c1ccc3c(c1)OCO3)[C@H]2C. The third-order valence-corrected chi connectivity index (χ3v) is 4.83. The Kier molecular flexibility index (Phi) is 3.71. The summed E-state index contributed by atoms with van der Waals surface area (Å²) in [5.74, 6) is 2.87. The number of fused-ring (bicyclic) bond motifs is 2. The molecule has 0 amide bonds. The number of benzene rings is 2. The summed E-state index contributed by atoms with van der Waals surface area (Å²) in [6, 6.07) is 7.71. The zero-order valence-corrected chi connectivity index (χ0v) is 14.2. The molecule has 0 aromatic heterocycles. The van der Waals surface area contributed by atoms with Crippen molar-refractivity contribution in [3.8, 4) is 28.7 Å². The van der Waals surface area contributed by atoms with Crippen LogP contribution in [0.15, 0.2) is 36.9 Å². The quantitative estimate of drug-likeness (QED) is 0.850. The Morgan fingerprint density at radius 2 is 2.08 bits per heavy atom. The summed E-state index contributed by atoms with van der Waals surface area (Å²) in [4.78, 5) is 0. The number of phenolic OH excluding ortho intramolecular Hbond substituents is 1. The van der Waals surface area contributed by atoms with Crippen LogP contribution in [0.25, 0.3) is 0 Å². The summed E-state index contributed by atoms with van der Waals surface area (Å²) in [7, 11) is 1.55. The lowest BCUT2D eigenvalue weighted by Crippen LogP contribution is -2.07.